The van der Waals surface area contributed by atoms with E-state index in [0.29, 0.717) is 48.9 Å². The highest BCUT2D eigenvalue weighted by molar-refractivity contribution is 5.77. The van der Waals surface area contributed by atoms with Crippen LogP contribution in [0.3, 0.4) is 0 Å². The van der Waals surface area contributed by atoms with Crippen molar-refractivity contribution in [2.45, 2.75) is 51.6 Å². The van der Waals surface area contributed by atoms with Gasteiger partial charge in [-0.05, 0) is 37.8 Å². The maximum Gasteiger partial charge on any atom is 0.272 e. The zero-order valence-electron chi connectivity index (χ0n) is 18.5. The van der Waals surface area contributed by atoms with Crippen molar-refractivity contribution < 1.29 is 4.79 Å². The van der Waals surface area contributed by atoms with Gasteiger partial charge in [0.05, 0.1) is 29.0 Å². The smallest absolute Gasteiger partial charge is 0.272 e. The monoisotopic (exact) mass is 446 g/mol. The predicted molar refractivity (Wildman–Crippen MR) is 124 cm³/mol. The van der Waals surface area contributed by atoms with Crippen molar-refractivity contribution in [3.05, 3.63) is 74.8 Å². The standard InChI is InChI=1S/C24H26N6O3/c1-2-16-13-23(32)30-21(26-16)14-19(27-30)20-9-5-12-29(20)22(31)10-6-11-28-15-25-18-8-4-3-7-17(18)24(28)33/h3-4,7-8,13-15,20,27H,2,5-6,9-12H2,1H3/t20-/m1/s1. The van der Waals surface area contributed by atoms with Gasteiger partial charge in [-0.2, -0.15) is 0 Å². The molecule has 0 bridgehead atoms. The van der Waals surface area contributed by atoms with Crippen LogP contribution in [0, 0.1) is 0 Å². The number of nitrogens with one attached hydrogen (secondary N) is 1. The summed E-state index contributed by atoms with van der Waals surface area (Å²) in [5, 5.41) is 3.73. The minimum atomic E-state index is -0.145. The summed E-state index contributed by atoms with van der Waals surface area (Å²) in [6, 6.07) is 10.6. The van der Waals surface area contributed by atoms with Crippen LogP contribution in [0.4, 0.5) is 0 Å². The van der Waals surface area contributed by atoms with Crippen LogP contribution in [0.2, 0.25) is 0 Å². The van der Waals surface area contributed by atoms with Crippen LogP contribution in [0.15, 0.2) is 52.3 Å². The van der Waals surface area contributed by atoms with Crippen LogP contribution >= 0.6 is 0 Å². The lowest BCUT2D eigenvalue weighted by Gasteiger charge is -2.24. The van der Waals surface area contributed by atoms with Gasteiger partial charge < -0.3 is 4.90 Å². The van der Waals surface area contributed by atoms with Gasteiger partial charge in [-0.1, -0.05) is 19.1 Å². The van der Waals surface area contributed by atoms with Crippen molar-refractivity contribution in [3.63, 3.8) is 0 Å². The Hall–Kier alpha value is -3.75. The molecule has 9 heteroatoms. The fraction of sp³-hybridized carbons (Fsp3) is 0.375. The minimum absolute atomic E-state index is 0.0486. The summed E-state index contributed by atoms with van der Waals surface area (Å²) in [7, 11) is 0. The van der Waals surface area contributed by atoms with Gasteiger partial charge in [0, 0.05) is 37.3 Å². The zero-order chi connectivity index (χ0) is 22.9. The molecule has 170 valence electrons. The number of hydrogen-bond donors (Lipinski definition) is 1. The molecule has 1 aromatic carbocycles. The summed E-state index contributed by atoms with van der Waals surface area (Å²) in [5.41, 5.74) is 2.60. The molecule has 1 atom stereocenters. The summed E-state index contributed by atoms with van der Waals surface area (Å²) in [4.78, 5) is 48.8. The number of para-hydroxylation sites is 1. The number of fused-ring (bicyclic) bond motifs is 2. The van der Waals surface area contributed by atoms with E-state index in [0.717, 1.165) is 24.2 Å². The third kappa shape index (κ3) is 3.94. The second-order valence-electron chi connectivity index (χ2n) is 8.45. The van der Waals surface area contributed by atoms with Crippen molar-refractivity contribution in [1.29, 1.82) is 0 Å². The van der Waals surface area contributed by atoms with Gasteiger partial charge in [0.2, 0.25) is 5.91 Å². The quantitative estimate of drug-likeness (QED) is 0.490. The Morgan fingerprint density at radius 2 is 2.06 bits per heavy atom. The second-order valence-corrected chi connectivity index (χ2v) is 8.45. The van der Waals surface area contributed by atoms with Crippen LogP contribution in [0.1, 0.15) is 50.0 Å². The average molecular weight is 447 g/mol. The molecule has 3 aromatic heterocycles. The lowest BCUT2D eigenvalue weighted by Crippen LogP contribution is -2.31. The summed E-state index contributed by atoms with van der Waals surface area (Å²) >= 11 is 0. The number of rotatable bonds is 6. The molecule has 1 amide bonds. The van der Waals surface area contributed by atoms with E-state index in [1.54, 1.807) is 17.0 Å². The summed E-state index contributed by atoms with van der Waals surface area (Å²) in [6.07, 6.45) is 4.87. The predicted octanol–water partition coefficient (Wildman–Crippen LogP) is 2.44. The molecule has 1 aliphatic rings. The highest BCUT2D eigenvalue weighted by Crippen LogP contribution is 2.32. The van der Waals surface area contributed by atoms with Crippen LogP contribution in [0.5, 0.6) is 0 Å². The highest BCUT2D eigenvalue weighted by atomic mass is 16.2. The molecule has 4 aromatic rings. The van der Waals surface area contributed by atoms with E-state index in [9.17, 15) is 14.4 Å². The number of carbonyl (C=O) groups is 1. The molecule has 5 rings (SSSR count). The first-order chi connectivity index (χ1) is 16.0. The second kappa shape index (κ2) is 8.65. The Balaban J connectivity index is 1.28. The van der Waals surface area contributed by atoms with Gasteiger partial charge in [-0.3, -0.25) is 24.0 Å². The molecule has 4 heterocycles. The van der Waals surface area contributed by atoms with E-state index in [-0.39, 0.29) is 23.1 Å². The van der Waals surface area contributed by atoms with E-state index < -0.39 is 0 Å². The number of aryl methyl sites for hydroxylation is 2. The maximum absolute atomic E-state index is 13.0. The first-order valence-electron chi connectivity index (χ1n) is 11.4. The van der Waals surface area contributed by atoms with E-state index in [1.165, 1.54) is 10.6 Å². The average Bonchev–Trinajstić information content (AvgIpc) is 3.48. The number of likely N-dealkylation sites (tertiary alicyclic amines) is 1. The van der Waals surface area contributed by atoms with Crippen LogP contribution in [0.25, 0.3) is 16.6 Å². The first kappa shape index (κ1) is 21.1. The number of aromatic amines is 1. The molecule has 0 saturated carbocycles. The molecule has 0 radical (unpaired) electrons. The summed E-state index contributed by atoms with van der Waals surface area (Å²) in [5.74, 6) is 0.0486. The van der Waals surface area contributed by atoms with E-state index in [1.807, 2.05) is 36.1 Å². The van der Waals surface area contributed by atoms with Gasteiger partial charge in [0.25, 0.3) is 11.1 Å². The van der Waals surface area contributed by atoms with Gasteiger partial charge in [0.15, 0.2) is 5.65 Å². The van der Waals surface area contributed by atoms with Crippen molar-refractivity contribution in [1.82, 2.24) is 29.0 Å². The van der Waals surface area contributed by atoms with Crippen molar-refractivity contribution >= 4 is 22.5 Å². The minimum Gasteiger partial charge on any atom is -0.334 e. The molecule has 1 aliphatic heterocycles. The molecule has 1 saturated heterocycles. The first-order valence-corrected chi connectivity index (χ1v) is 11.4. The molecule has 1 fully saturated rings. The third-order valence-electron chi connectivity index (χ3n) is 6.34. The number of nitrogens with zero attached hydrogens (tertiary/aromatic N) is 5. The van der Waals surface area contributed by atoms with Gasteiger partial charge >= 0.3 is 0 Å². The normalized spacial score (nSPS) is 16.2. The Labute approximate surface area is 189 Å². The lowest BCUT2D eigenvalue weighted by molar-refractivity contribution is -0.132. The van der Waals surface area contributed by atoms with Crippen LogP contribution in [-0.4, -0.2) is 41.5 Å². The molecule has 33 heavy (non-hydrogen) atoms. The molecule has 0 aliphatic carbocycles. The Kier molecular flexibility index (Phi) is 5.53. The van der Waals surface area contributed by atoms with Crippen LogP contribution in [-0.2, 0) is 17.8 Å². The fourth-order valence-electron chi connectivity index (χ4n) is 4.61. The molecule has 1 N–H and O–H groups in total. The van der Waals surface area contributed by atoms with Gasteiger partial charge in [0.1, 0.15) is 0 Å². The Bertz CT molecular complexity index is 1450. The number of H-pyrrole nitrogens is 1. The van der Waals surface area contributed by atoms with E-state index in [4.69, 9.17) is 0 Å². The number of hydrogen-bond acceptors (Lipinski definition) is 5. The number of aromatic nitrogens is 5. The van der Waals surface area contributed by atoms with Gasteiger partial charge in [-0.25, -0.2) is 14.5 Å². The van der Waals surface area contributed by atoms with E-state index in [2.05, 4.69) is 15.1 Å². The molecule has 0 spiro atoms. The Morgan fingerprint density at radius 1 is 1.21 bits per heavy atom. The third-order valence-corrected chi connectivity index (χ3v) is 6.34. The van der Waals surface area contributed by atoms with Crippen molar-refractivity contribution in [2.75, 3.05) is 6.54 Å². The number of carbonyl (C=O) groups excluding carboxylic acids is 1. The molecule has 0 unspecified atom stereocenters. The number of amides is 1. The maximum atomic E-state index is 13.0. The Morgan fingerprint density at radius 3 is 2.91 bits per heavy atom. The molecular weight excluding hydrogens is 420 g/mol. The summed E-state index contributed by atoms with van der Waals surface area (Å²) < 4.78 is 3.01. The van der Waals surface area contributed by atoms with Crippen molar-refractivity contribution in [2.24, 2.45) is 0 Å². The number of benzene rings is 1. The largest absolute Gasteiger partial charge is 0.334 e. The SMILES string of the molecule is CCc1cc(=O)n2[nH]c([C@H]3CCCN3C(=O)CCCn3cnc4ccccc4c3=O)cc2n1. The lowest BCUT2D eigenvalue weighted by atomic mass is 10.1. The molecular formula is C24H26N6O3. The molecule has 9 nitrogen and oxygen atoms in total. The fourth-order valence-corrected chi connectivity index (χ4v) is 4.61. The highest BCUT2D eigenvalue weighted by Gasteiger charge is 2.31. The van der Waals surface area contributed by atoms with Gasteiger partial charge in [-0.15, -0.1) is 0 Å². The van der Waals surface area contributed by atoms with Crippen molar-refractivity contribution in [3.8, 4) is 0 Å². The topological polar surface area (TPSA) is 105 Å². The zero-order valence-corrected chi connectivity index (χ0v) is 18.5. The summed E-state index contributed by atoms with van der Waals surface area (Å²) in [6.45, 7) is 3.08. The van der Waals surface area contributed by atoms with Crippen LogP contribution < -0.4 is 11.1 Å². The van der Waals surface area contributed by atoms with E-state index >= 15 is 0 Å².